The first-order chi connectivity index (χ1) is 24.0. The van der Waals surface area contributed by atoms with Gasteiger partial charge in [-0.15, -0.1) is 10.2 Å². The van der Waals surface area contributed by atoms with Crippen LogP contribution in [-0.4, -0.2) is 134 Å². The normalized spacial score (nSPS) is 12.0. The first kappa shape index (κ1) is 54.7. The van der Waals surface area contributed by atoms with Gasteiger partial charge in [-0.25, -0.2) is 26.7 Å². The number of hydrogen-bond acceptors (Lipinski definition) is 12. The van der Waals surface area contributed by atoms with Crippen LogP contribution in [0.15, 0.2) is 19.4 Å². The molecule has 0 fully saturated rings. The monoisotopic (exact) mass is 1040 g/mol. The van der Waals surface area contributed by atoms with Crippen LogP contribution in [0.25, 0.3) is 0 Å². The Kier molecular flexibility index (Phi) is 31.3. The molecule has 3 N–H and O–H groups in total. The van der Waals surface area contributed by atoms with Crippen LogP contribution in [0.1, 0.15) is 27.7 Å². The highest BCUT2D eigenvalue weighted by molar-refractivity contribution is 9.11. The maximum absolute atomic E-state index is 12.5. The zero-order valence-electron chi connectivity index (χ0n) is 32.3. The lowest BCUT2D eigenvalue weighted by atomic mass is 10.5. The molecule has 2 aromatic rings. The summed E-state index contributed by atoms with van der Waals surface area (Å²) in [7, 11) is 1.44. The molecule has 0 amide bonds. The molecule has 0 aliphatic rings. The zero-order chi connectivity index (χ0) is 40.5. The SMILES string of the molecule is CCN(CC)CCN.CCN(CC)CCNS(=O)(=O)c1nc(Br)nn1COCC[Si](C)(C)C.C[Si](C)(C)CCOCn1nc(Br)nc1Br.O=S(Cl)Cl. The van der Waals surface area contributed by atoms with Crippen molar-refractivity contribution in [3.8, 4) is 0 Å². The summed E-state index contributed by atoms with van der Waals surface area (Å²) in [6, 6.07) is 2.17. The standard InChI is InChI=1S/C14H30BrN5O3SSi.C8H15Br2N3OSi.C6H16N2.Cl2OS/c1-6-19(7-2)9-8-16-24(21,22)14-17-13(15)18-20(14)12-23-10-11-25(3,4)5;1-15(2,3)5-4-14-6-13-8(10)11-7(9)12-13;1-3-8(4-2)6-5-7;1-4(2)3/h16H,6-12H2,1-5H3;4-6H2,1-3H3;3-7H2,1-2H3;. The van der Waals surface area contributed by atoms with Crippen molar-refractivity contribution < 1.29 is 22.1 Å². The fourth-order valence-corrected chi connectivity index (χ4v) is 7.69. The average Bonchev–Trinajstić information content (AvgIpc) is 3.58. The van der Waals surface area contributed by atoms with Crippen LogP contribution in [0.3, 0.4) is 0 Å². The molecule has 308 valence electrons. The van der Waals surface area contributed by atoms with Crippen molar-refractivity contribution >= 4 is 105 Å². The number of halogens is 5. The third-order valence-corrected chi connectivity index (χ3v) is 12.9. The van der Waals surface area contributed by atoms with E-state index < -0.39 is 35.4 Å². The van der Waals surface area contributed by atoms with Crippen molar-refractivity contribution in [2.45, 2.75) is 97.7 Å². The minimum atomic E-state index is -3.74. The Morgan fingerprint density at radius 3 is 1.56 bits per heavy atom. The molecule has 2 aromatic heterocycles. The largest absolute Gasteiger partial charge is 0.359 e. The molecule has 0 aromatic carbocycles. The first-order valence-corrected chi connectivity index (χ1v) is 31.0. The molecule has 0 saturated heterocycles. The van der Waals surface area contributed by atoms with Gasteiger partial charge in [0.05, 0.1) is 0 Å². The second kappa shape index (κ2) is 29.8. The number of rotatable bonds is 21. The molecule has 24 heteroatoms. The lowest BCUT2D eigenvalue weighted by molar-refractivity contribution is 0.0712. The molecule has 2 rings (SSSR count). The molecule has 0 atom stereocenters. The molecule has 0 aliphatic heterocycles. The van der Waals surface area contributed by atoms with Crippen LogP contribution in [0.4, 0.5) is 0 Å². The van der Waals surface area contributed by atoms with Crippen LogP contribution < -0.4 is 10.5 Å². The van der Waals surface area contributed by atoms with Crippen molar-refractivity contribution in [1.29, 1.82) is 0 Å². The maximum atomic E-state index is 12.5. The number of hydrogen-bond donors (Lipinski definition) is 2. The predicted octanol–water partition coefficient (Wildman–Crippen LogP) is 6.42. The highest BCUT2D eigenvalue weighted by Gasteiger charge is 2.23. The third-order valence-electron chi connectivity index (χ3n) is 6.83. The second-order valence-corrected chi connectivity index (χ2v) is 31.0. The summed E-state index contributed by atoms with van der Waals surface area (Å²) in [4.78, 5) is 12.5. The number of nitrogens with one attached hydrogen (secondary N) is 1. The van der Waals surface area contributed by atoms with E-state index >= 15 is 0 Å². The molecule has 15 nitrogen and oxygen atoms in total. The lowest BCUT2D eigenvalue weighted by Gasteiger charge is -2.18. The summed E-state index contributed by atoms with van der Waals surface area (Å²) >= 11 is 9.64. The van der Waals surface area contributed by atoms with Gasteiger partial charge in [0.25, 0.3) is 15.2 Å². The maximum Gasteiger partial charge on any atom is 0.276 e. The van der Waals surface area contributed by atoms with Crippen LogP contribution in [0.2, 0.25) is 51.4 Å². The van der Waals surface area contributed by atoms with E-state index in [-0.39, 0.29) is 16.6 Å². The van der Waals surface area contributed by atoms with E-state index in [0.717, 1.165) is 51.9 Å². The summed E-state index contributed by atoms with van der Waals surface area (Å²) in [5.41, 5.74) is 5.34. The highest BCUT2D eigenvalue weighted by atomic mass is 79.9. The third kappa shape index (κ3) is 29.8. The van der Waals surface area contributed by atoms with Crippen LogP contribution in [-0.2, 0) is 42.2 Å². The van der Waals surface area contributed by atoms with Crippen molar-refractivity contribution in [2.75, 3.05) is 65.6 Å². The van der Waals surface area contributed by atoms with Gasteiger partial charge in [-0.1, -0.05) is 67.0 Å². The topological polar surface area (TPSA) is 176 Å². The van der Waals surface area contributed by atoms with Gasteiger partial charge in [0.15, 0.2) is 4.73 Å². The summed E-state index contributed by atoms with van der Waals surface area (Å²) < 4.78 is 52.2. The molecule has 0 unspecified atom stereocenters. The van der Waals surface area contributed by atoms with Crippen LogP contribution in [0, 0.1) is 0 Å². The summed E-state index contributed by atoms with van der Waals surface area (Å²) in [5.74, 6) is 0. The van der Waals surface area contributed by atoms with Gasteiger partial charge in [0.2, 0.25) is 18.7 Å². The van der Waals surface area contributed by atoms with Gasteiger partial charge in [-0.2, -0.15) is 9.97 Å². The van der Waals surface area contributed by atoms with Gasteiger partial charge < -0.3 is 25.0 Å². The summed E-state index contributed by atoms with van der Waals surface area (Å²) in [6.45, 7) is 30.8. The Morgan fingerprint density at radius 2 is 1.19 bits per heavy atom. The van der Waals surface area contributed by atoms with Crippen molar-refractivity contribution in [3.63, 3.8) is 0 Å². The minimum Gasteiger partial charge on any atom is -0.359 e. The smallest absolute Gasteiger partial charge is 0.276 e. The van der Waals surface area contributed by atoms with E-state index in [1.54, 1.807) is 4.68 Å². The molecule has 2 heterocycles. The van der Waals surface area contributed by atoms with Crippen molar-refractivity contribution in [1.82, 2.24) is 44.1 Å². The zero-order valence-corrected chi connectivity index (χ0v) is 42.2. The quantitative estimate of drug-likeness (QED) is 0.0800. The Bertz CT molecular complexity index is 1350. The molecule has 0 aliphatic carbocycles. The second-order valence-electron chi connectivity index (χ2n) is 13.4. The molecule has 0 radical (unpaired) electrons. The molecule has 52 heavy (non-hydrogen) atoms. The highest BCUT2D eigenvalue weighted by Crippen LogP contribution is 2.14. The summed E-state index contributed by atoms with van der Waals surface area (Å²) in [6.07, 6.45) is 0. The van der Waals surface area contributed by atoms with Gasteiger partial charge in [-0.3, -0.25) is 0 Å². The number of nitrogens with zero attached hydrogens (tertiary/aromatic N) is 8. The number of ether oxygens (including phenoxy) is 2. The molecular weight excluding hydrogens is 987 g/mol. The number of aromatic nitrogens is 6. The Morgan fingerprint density at radius 1 is 0.788 bits per heavy atom. The van der Waals surface area contributed by atoms with Gasteiger partial charge in [0, 0.05) is 76.9 Å². The van der Waals surface area contributed by atoms with Gasteiger partial charge in [-0.05, 0) is 86.1 Å². The number of sulfonamides is 1. The number of nitrogens with two attached hydrogens (primary N) is 1. The Hall–Kier alpha value is 0.594. The van der Waals surface area contributed by atoms with Gasteiger partial charge in [0.1, 0.15) is 13.5 Å². The van der Waals surface area contributed by atoms with Gasteiger partial charge >= 0.3 is 0 Å². The lowest BCUT2D eigenvalue weighted by Crippen LogP contribution is -2.36. The van der Waals surface area contributed by atoms with Crippen LogP contribution >= 0.6 is 69.2 Å². The Labute approximate surface area is 351 Å². The van der Waals surface area contributed by atoms with Crippen molar-refractivity contribution in [3.05, 3.63) is 14.2 Å². The van der Waals surface area contributed by atoms with Crippen LogP contribution in [0.5, 0.6) is 0 Å². The average molecular weight is 1050 g/mol. The first-order valence-electron chi connectivity index (χ1n) is 17.0. The van der Waals surface area contributed by atoms with E-state index in [0.29, 0.717) is 35.9 Å². The molecular formula is C28H61Br3Cl2N10O5S2Si2. The fourth-order valence-electron chi connectivity index (χ4n) is 3.69. The molecule has 0 bridgehead atoms. The molecule has 0 saturated carbocycles. The number of likely N-dealkylation sites (N-methyl/N-ethyl adjacent to an activating group) is 2. The molecule has 0 spiro atoms. The summed E-state index contributed by atoms with van der Waals surface area (Å²) in [5, 5.41) is 8.04. The Balaban J connectivity index is 0. The van der Waals surface area contributed by atoms with E-state index in [1.807, 2.05) is 13.8 Å². The van der Waals surface area contributed by atoms with E-state index in [4.69, 9.17) is 19.4 Å². The van der Waals surface area contributed by atoms with E-state index in [1.165, 1.54) is 10.7 Å². The van der Waals surface area contributed by atoms with E-state index in [2.05, 4.69) is 157 Å². The van der Waals surface area contributed by atoms with E-state index in [9.17, 15) is 8.42 Å². The predicted molar refractivity (Wildman–Crippen MR) is 231 cm³/mol. The minimum absolute atomic E-state index is 0.0648. The van der Waals surface area contributed by atoms with Crippen molar-refractivity contribution in [2.24, 2.45) is 5.73 Å². The fraction of sp³-hybridized carbons (Fsp3) is 0.857.